The van der Waals surface area contributed by atoms with Gasteiger partial charge in [-0.05, 0) is 104 Å². The first kappa shape index (κ1) is 42.0. The molecule has 1 atom stereocenters. The van der Waals surface area contributed by atoms with Crippen LogP contribution in [0.3, 0.4) is 0 Å². The van der Waals surface area contributed by atoms with Crippen LogP contribution >= 0.6 is 0 Å². The normalized spacial score (nSPS) is 12.4. The number of anilines is 4. The highest BCUT2D eigenvalue weighted by Gasteiger charge is 2.24. The molecule has 0 spiro atoms. The summed E-state index contributed by atoms with van der Waals surface area (Å²) in [5, 5.41) is 33.7. The summed E-state index contributed by atoms with van der Waals surface area (Å²) in [6, 6.07) is 26.1. The van der Waals surface area contributed by atoms with Gasteiger partial charge in [-0.1, -0.05) is 42.2 Å². The summed E-state index contributed by atoms with van der Waals surface area (Å²) >= 11 is 0. The van der Waals surface area contributed by atoms with Gasteiger partial charge in [-0.2, -0.15) is 0 Å². The maximum atomic E-state index is 14.1. The van der Waals surface area contributed by atoms with E-state index in [1.807, 2.05) is 12.2 Å². The smallest absolute Gasteiger partial charge is 0.255 e. The van der Waals surface area contributed by atoms with Crippen LogP contribution in [0.25, 0.3) is 17.0 Å². The fourth-order valence-corrected chi connectivity index (χ4v) is 8.40. The molecule has 8 N–H and O–H groups in total. The van der Waals surface area contributed by atoms with Crippen LogP contribution in [-0.4, -0.2) is 62.2 Å². The number of nitrogens with zero attached hydrogens (tertiary/aromatic N) is 1. The quantitative estimate of drug-likeness (QED) is 0.0336. The van der Waals surface area contributed by atoms with Crippen LogP contribution in [-0.2, 0) is 9.84 Å². The first-order valence-electron chi connectivity index (χ1n) is 19.5. The number of hydrogen-bond acceptors (Lipinski definition) is 11. The lowest BCUT2D eigenvalue weighted by molar-refractivity contribution is 0.0998. The highest BCUT2D eigenvalue weighted by atomic mass is 32.2. The summed E-state index contributed by atoms with van der Waals surface area (Å²) in [7, 11) is -2.64. The van der Waals surface area contributed by atoms with Crippen LogP contribution in [0.4, 0.5) is 22.7 Å². The number of methoxy groups -OCH3 is 1. The molecule has 310 valence electrons. The second kappa shape index (κ2) is 18.4. The molecule has 14 heteroatoms. The van der Waals surface area contributed by atoms with Gasteiger partial charge in [-0.15, -0.1) is 0 Å². The predicted octanol–water partition coefficient (Wildman–Crippen LogP) is 7.08. The number of aryl methyl sites for hydroxylation is 1. The molecule has 0 saturated heterocycles. The summed E-state index contributed by atoms with van der Waals surface area (Å²) in [6.07, 6.45) is 5.88. The molecule has 6 aromatic rings. The third-order valence-corrected chi connectivity index (χ3v) is 11.9. The number of phenols is 1. The Balaban J connectivity index is 0.978. The van der Waals surface area contributed by atoms with Crippen LogP contribution in [0.2, 0.25) is 0 Å². The van der Waals surface area contributed by atoms with Gasteiger partial charge >= 0.3 is 0 Å². The van der Waals surface area contributed by atoms with Crippen LogP contribution in [0.15, 0.2) is 119 Å². The maximum Gasteiger partial charge on any atom is 0.255 e. The van der Waals surface area contributed by atoms with Crippen LogP contribution in [0, 0.1) is 18.8 Å². The molecule has 1 aromatic heterocycles. The lowest BCUT2D eigenvalue weighted by Crippen LogP contribution is -2.23. The van der Waals surface area contributed by atoms with Crippen molar-refractivity contribution in [3.05, 3.63) is 143 Å². The van der Waals surface area contributed by atoms with Gasteiger partial charge in [0, 0.05) is 65.2 Å². The number of aromatic hydroxyl groups is 1. The number of carbonyl (C=O) groups is 2. The minimum absolute atomic E-state index is 0.0571. The second-order valence-electron chi connectivity index (χ2n) is 14.3. The Morgan fingerprint density at radius 2 is 1.79 bits per heavy atom. The number of fused-ring (bicyclic) bond motifs is 2. The van der Waals surface area contributed by atoms with Crippen molar-refractivity contribution in [2.45, 2.75) is 35.7 Å². The zero-order valence-electron chi connectivity index (χ0n) is 33.5. The number of aliphatic hydroxyl groups is 1. The average molecular weight is 837 g/mol. The van der Waals surface area contributed by atoms with E-state index in [0.29, 0.717) is 65.3 Å². The largest absolute Gasteiger partial charge is 0.506 e. The lowest BCUT2D eigenvalue weighted by Gasteiger charge is -2.21. The maximum absolute atomic E-state index is 14.1. The van der Waals surface area contributed by atoms with Gasteiger partial charge in [0.1, 0.15) is 11.5 Å². The summed E-state index contributed by atoms with van der Waals surface area (Å²) in [5.74, 6) is 5.76. The molecule has 0 fully saturated rings. The molecule has 0 saturated carbocycles. The first-order chi connectivity index (χ1) is 29.4. The number of rotatable bonds is 14. The monoisotopic (exact) mass is 836 g/mol. The topological polar surface area (TPSA) is 205 Å². The SMILES string of the molecule is COc1cccc(Nc2c(C(N)=O)cnc3c(C)cc(S(=O)(=O)c4cccc(C(=O)Nc5ccc(C#CCCCNC[C@H](O)c6ccc(O)c7c6C=CCN7)cc5)c4)cc23)c1. The van der Waals surface area contributed by atoms with Crippen molar-refractivity contribution in [3.63, 3.8) is 0 Å². The van der Waals surface area contributed by atoms with E-state index in [1.54, 1.807) is 67.6 Å². The number of carbonyl (C=O) groups excluding carboxylic acids is 2. The zero-order chi connectivity index (χ0) is 43.1. The lowest BCUT2D eigenvalue weighted by atomic mass is 9.97. The van der Waals surface area contributed by atoms with E-state index < -0.39 is 27.8 Å². The Hall–Kier alpha value is -7.18. The Labute approximate surface area is 353 Å². The number of nitrogens with one attached hydrogen (secondary N) is 4. The number of aromatic nitrogens is 1. The van der Waals surface area contributed by atoms with Crippen molar-refractivity contribution in [1.29, 1.82) is 0 Å². The average Bonchev–Trinajstić information content (AvgIpc) is 3.27. The highest BCUT2D eigenvalue weighted by Crippen LogP contribution is 2.37. The number of aliphatic hydroxyl groups excluding tert-OH is 1. The third-order valence-electron chi connectivity index (χ3n) is 10.1. The van der Waals surface area contributed by atoms with Crippen molar-refractivity contribution < 1.29 is 33.0 Å². The van der Waals surface area contributed by atoms with Gasteiger partial charge in [0.05, 0.1) is 45.5 Å². The number of benzene rings is 5. The number of pyridine rings is 1. The Bertz CT molecular complexity index is 2850. The van der Waals surface area contributed by atoms with E-state index in [2.05, 4.69) is 38.1 Å². The first-order valence-corrected chi connectivity index (χ1v) is 21.0. The molecular weight excluding hydrogens is 793 g/mol. The van der Waals surface area contributed by atoms with Crippen molar-refractivity contribution in [2.24, 2.45) is 5.73 Å². The van der Waals surface area contributed by atoms with E-state index in [0.717, 1.165) is 23.1 Å². The molecule has 0 radical (unpaired) electrons. The number of ether oxygens (including phenoxy) is 1. The molecule has 0 aliphatic carbocycles. The van der Waals surface area contributed by atoms with Crippen LogP contribution in [0.5, 0.6) is 11.5 Å². The van der Waals surface area contributed by atoms with E-state index in [-0.39, 0.29) is 32.4 Å². The molecule has 1 aliphatic rings. The van der Waals surface area contributed by atoms with Gasteiger partial charge in [-0.3, -0.25) is 14.6 Å². The standard InChI is InChI=1S/C47H44N6O7S/c1-29-23-36(26-39-43(29)51-27-40(46(48)56)44(39)52-33-11-7-12-34(25-33)60-2)61(58,59)35-13-6-10-31(24-35)47(57)53-32-17-15-30(16-18-32)9-4-3-5-21-49-28-42(55)37-19-20-41(54)45-38(37)14-8-22-50-45/h6-8,10-20,23-27,42,49-50,54-55H,3,5,21-22,28H2,1-2H3,(H2,48,56)(H,51,52)(H,53,57)/t42-/m0/s1. The van der Waals surface area contributed by atoms with E-state index in [9.17, 15) is 28.2 Å². The van der Waals surface area contributed by atoms with Crippen molar-refractivity contribution in [3.8, 4) is 23.3 Å². The molecule has 2 heterocycles. The Kier molecular flexibility index (Phi) is 12.7. The van der Waals surface area contributed by atoms with Gasteiger partial charge in [0.15, 0.2) is 0 Å². The molecule has 1 aliphatic heterocycles. The van der Waals surface area contributed by atoms with Crippen LogP contribution in [0.1, 0.15) is 61.9 Å². The summed E-state index contributed by atoms with van der Waals surface area (Å²) < 4.78 is 33.6. The van der Waals surface area contributed by atoms with Crippen LogP contribution < -0.4 is 31.7 Å². The fraction of sp³-hybridized carbons (Fsp3) is 0.170. The van der Waals surface area contributed by atoms with Gasteiger partial charge < -0.3 is 42.0 Å². The summed E-state index contributed by atoms with van der Waals surface area (Å²) in [4.78, 5) is 30.2. The summed E-state index contributed by atoms with van der Waals surface area (Å²) in [5.41, 5.74) is 11.3. The van der Waals surface area contributed by atoms with E-state index >= 15 is 0 Å². The Morgan fingerprint density at radius 1 is 0.984 bits per heavy atom. The van der Waals surface area contributed by atoms with Gasteiger partial charge in [-0.25, -0.2) is 8.42 Å². The number of unbranched alkanes of at least 4 members (excludes halogenated alkanes) is 1. The third kappa shape index (κ3) is 9.50. The molecule has 13 nitrogen and oxygen atoms in total. The molecule has 2 amide bonds. The predicted molar refractivity (Wildman–Crippen MR) is 237 cm³/mol. The molecular formula is C47H44N6O7S. The van der Waals surface area contributed by atoms with Gasteiger partial charge in [0.25, 0.3) is 11.8 Å². The molecule has 0 bridgehead atoms. The number of hydrogen-bond donors (Lipinski definition) is 7. The van der Waals surface area contributed by atoms with Crippen molar-refractivity contribution in [1.82, 2.24) is 10.3 Å². The number of nitrogens with two attached hydrogens (primary N) is 1. The highest BCUT2D eigenvalue weighted by molar-refractivity contribution is 7.91. The zero-order valence-corrected chi connectivity index (χ0v) is 34.3. The van der Waals surface area contributed by atoms with Gasteiger partial charge in [0.2, 0.25) is 9.84 Å². The number of phenolic OH excluding ortho intramolecular Hbond substituents is 1. The van der Waals surface area contributed by atoms with Crippen molar-refractivity contribution in [2.75, 3.05) is 42.7 Å². The van der Waals surface area contributed by atoms with E-state index in [1.165, 1.54) is 49.7 Å². The van der Waals surface area contributed by atoms with Crippen molar-refractivity contribution >= 4 is 61.4 Å². The number of primary amides is 1. The molecule has 5 aromatic carbocycles. The Morgan fingerprint density at radius 3 is 2.57 bits per heavy atom. The second-order valence-corrected chi connectivity index (χ2v) is 16.3. The number of sulfone groups is 1. The molecule has 7 rings (SSSR count). The number of amides is 2. The van der Waals surface area contributed by atoms with E-state index in [4.69, 9.17) is 10.5 Å². The minimum Gasteiger partial charge on any atom is -0.506 e. The summed E-state index contributed by atoms with van der Waals surface area (Å²) in [6.45, 7) is 3.37. The molecule has 61 heavy (non-hydrogen) atoms. The molecule has 0 unspecified atom stereocenters. The fourth-order valence-electron chi connectivity index (χ4n) is 6.98. The minimum atomic E-state index is -4.17.